The van der Waals surface area contributed by atoms with Crippen LogP contribution in [0.1, 0.15) is 29.1 Å². The second-order valence-corrected chi connectivity index (χ2v) is 5.71. The molecule has 96 valence electrons. The molecule has 1 N–H and O–H groups in total. The minimum absolute atomic E-state index is 0.343. The minimum Gasteiger partial charge on any atom is -0.310 e. The summed E-state index contributed by atoms with van der Waals surface area (Å²) in [5, 5.41) is 4.30. The van der Waals surface area contributed by atoms with Crippen LogP contribution in [0, 0.1) is 6.92 Å². The number of thiazole rings is 1. The van der Waals surface area contributed by atoms with E-state index in [0.29, 0.717) is 6.04 Å². The average Bonchev–Trinajstić information content (AvgIpc) is 2.76. The molecule has 0 amide bonds. The van der Waals surface area contributed by atoms with Gasteiger partial charge in [0.15, 0.2) is 0 Å². The van der Waals surface area contributed by atoms with Crippen LogP contribution in [0.25, 0.3) is 0 Å². The Labute approximate surface area is 117 Å². The highest BCUT2D eigenvalue weighted by Crippen LogP contribution is 2.17. The first-order valence-corrected chi connectivity index (χ1v) is 7.30. The fraction of sp³-hybridized carbons (Fsp3) is 0.357. The highest BCUT2D eigenvalue weighted by molar-refractivity contribution is 7.09. The van der Waals surface area contributed by atoms with Crippen molar-refractivity contribution >= 4 is 22.9 Å². The zero-order valence-electron chi connectivity index (χ0n) is 10.6. The quantitative estimate of drug-likeness (QED) is 0.895. The maximum absolute atomic E-state index is 5.88. The Hall–Kier alpha value is -0.900. The van der Waals surface area contributed by atoms with Crippen molar-refractivity contribution in [2.45, 2.75) is 26.3 Å². The molecule has 0 saturated heterocycles. The van der Waals surface area contributed by atoms with Crippen LogP contribution in [-0.2, 0) is 6.42 Å². The molecular weight excluding hydrogens is 264 g/mol. The molecule has 0 bridgehead atoms. The molecular formula is C14H17ClN2S. The molecule has 0 fully saturated rings. The van der Waals surface area contributed by atoms with Gasteiger partial charge in [0.2, 0.25) is 0 Å². The van der Waals surface area contributed by atoms with Gasteiger partial charge in [0.1, 0.15) is 0 Å². The molecule has 0 unspecified atom stereocenters. The summed E-state index contributed by atoms with van der Waals surface area (Å²) in [5.74, 6) is 0. The van der Waals surface area contributed by atoms with Gasteiger partial charge >= 0.3 is 0 Å². The topological polar surface area (TPSA) is 24.9 Å². The molecule has 0 aliphatic rings. The lowest BCUT2D eigenvalue weighted by atomic mass is 10.1. The summed E-state index contributed by atoms with van der Waals surface area (Å²) < 4.78 is 0. The number of hydrogen-bond donors (Lipinski definition) is 1. The van der Waals surface area contributed by atoms with Crippen molar-refractivity contribution in [2.24, 2.45) is 0 Å². The van der Waals surface area contributed by atoms with E-state index in [9.17, 15) is 0 Å². The summed E-state index contributed by atoms with van der Waals surface area (Å²) in [6.45, 7) is 5.20. The van der Waals surface area contributed by atoms with Gasteiger partial charge < -0.3 is 5.32 Å². The summed E-state index contributed by atoms with van der Waals surface area (Å²) in [5.41, 5.74) is 4.33. The van der Waals surface area contributed by atoms with Crippen molar-refractivity contribution in [3.05, 3.63) is 50.9 Å². The fourth-order valence-corrected chi connectivity index (χ4v) is 2.74. The number of benzene rings is 1. The number of halogens is 1. The van der Waals surface area contributed by atoms with E-state index in [0.717, 1.165) is 23.7 Å². The van der Waals surface area contributed by atoms with Gasteiger partial charge in [-0.15, -0.1) is 11.3 Å². The number of aryl methyl sites for hydroxylation is 1. The molecule has 1 aromatic heterocycles. The van der Waals surface area contributed by atoms with Gasteiger partial charge in [0, 0.05) is 22.5 Å². The second-order valence-electron chi connectivity index (χ2n) is 4.34. The van der Waals surface area contributed by atoms with Gasteiger partial charge in [0.05, 0.1) is 11.2 Å². The van der Waals surface area contributed by atoms with Gasteiger partial charge in [-0.3, -0.25) is 0 Å². The molecule has 4 heteroatoms. The fourth-order valence-electron chi connectivity index (χ4n) is 1.84. The lowest BCUT2D eigenvalue weighted by Gasteiger charge is -2.14. The van der Waals surface area contributed by atoms with Gasteiger partial charge in [-0.05, 0) is 38.0 Å². The number of rotatable bonds is 5. The summed E-state index contributed by atoms with van der Waals surface area (Å²) >= 11 is 7.61. The molecule has 1 heterocycles. The summed E-state index contributed by atoms with van der Waals surface area (Å²) in [6, 6.07) is 8.34. The van der Waals surface area contributed by atoms with Crippen molar-refractivity contribution in [1.29, 1.82) is 0 Å². The molecule has 0 radical (unpaired) electrons. The lowest BCUT2D eigenvalue weighted by molar-refractivity contribution is 0.578. The smallest absolute Gasteiger partial charge is 0.0797 e. The van der Waals surface area contributed by atoms with E-state index in [2.05, 4.69) is 36.3 Å². The Bertz CT molecular complexity index is 493. The molecule has 2 rings (SSSR count). The van der Waals surface area contributed by atoms with Crippen LogP contribution in [0.4, 0.5) is 0 Å². The largest absolute Gasteiger partial charge is 0.310 e. The summed E-state index contributed by atoms with van der Waals surface area (Å²) in [7, 11) is 0. The Kier molecular flexibility index (Phi) is 4.75. The SMILES string of the molecule is Cc1ncsc1CCN[C@@H](C)c1ccc(Cl)cc1. The normalized spacial score (nSPS) is 12.6. The van der Waals surface area contributed by atoms with E-state index >= 15 is 0 Å². The monoisotopic (exact) mass is 280 g/mol. The Morgan fingerprint density at radius 2 is 2.06 bits per heavy atom. The third kappa shape index (κ3) is 3.55. The lowest BCUT2D eigenvalue weighted by Crippen LogP contribution is -2.21. The highest BCUT2D eigenvalue weighted by Gasteiger charge is 2.05. The zero-order valence-corrected chi connectivity index (χ0v) is 12.2. The Morgan fingerprint density at radius 1 is 1.33 bits per heavy atom. The van der Waals surface area contributed by atoms with Crippen molar-refractivity contribution in [2.75, 3.05) is 6.54 Å². The van der Waals surface area contributed by atoms with Crippen LogP contribution in [0.3, 0.4) is 0 Å². The Morgan fingerprint density at radius 3 is 2.67 bits per heavy atom. The number of hydrogen-bond acceptors (Lipinski definition) is 3. The van der Waals surface area contributed by atoms with Gasteiger partial charge in [-0.1, -0.05) is 23.7 Å². The van der Waals surface area contributed by atoms with E-state index < -0.39 is 0 Å². The van der Waals surface area contributed by atoms with Crippen LogP contribution in [0.2, 0.25) is 5.02 Å². The van der Waals surface area contributed by atoms with Crippen molar-refractivity contribution in [1.82, 2.24) is 10.3 Å². The predicted molar refractivity (Wildman–Crippen MR) is 78.4 cm³/mol. The van der Waals surface area contributed by atoms with Crippen molar-refractivity contribution in [3.8, 4) is 0 Å². The summed E-state index contributed by atoms with van der Waals surface area (Å²) in [4.78, 5) is 5.62. The standard InChI is InChI=1S/C14H17ClN2S/c1-10(12-3-5-13(15)6-4-12)16-8-7-14-11(2)17-9-18-14/h3-6,9-10,16H,7-8H2,1-2H3/t10-/m0/s1. The van der Waals surface area contributed by atoms with E-state index in [1.165, 1.54) is 10.4 Å². The number of nitrogens with one attached hydrogen (secondary N) is 1. The molecule has 0 aliphatic heterocycles. The molecule has 18 heavy (non-hydrogen) atoms. The molecule has 2 aromatic rings. The molecule has 1 atom stereocenters. The first-order valence-electron chi connectivity index (χ1n) is 6.04. The maximum Gasteiger partial charge on any atom is 0.0797 e. The first-order chi connectivity index (χ1) is 8.66. The van der Waals surface area contributed by atoms with E-state index in [4.69, 9.17) is 11.6 Å². The van der Waals surface area contributed by atoms with Crippen LogP contribution in [-0.4, -0.2) is 11.5 Å². The summed E-state index contributed by atoms with van der Waals surface area (Å²) in [6.07, 6.45) is 1.04. The molecule has 2 nitrogen and oxygen atoms in total. The molecule has 1 aromatic carbocycles. The van der Waals surface area contributed by atoms with E-state index in [1.54, 1.807) is 11.3 Å². The number of aromatic nitrogens is 1. The van der Waals surface area contributed by atoms with E-state index in [-0.39, 0.29) is 0 Å². The zero-order chi connectivity index (χ0) is 13.0. The van der Waals surface area contributed by atoms with Crippen LogP contribution in [0.5, 0.6) is 0 Å². The molecule has 0 spiro atoms. The maximum atomic E-state index is 5.88. The predicted octanol–water partition coefficient (Wildman–Crippen LogP) is 4.00. The first kappa shape index (κ1) is 13.5. The van der Waals surface area contributed by atoms with Crippen molar-refractivity contribution in [3.63, 3.8) is 0 Å². The minimum atomic E-state index is 0.343. The average molecular weight is 281 g/mol. The van der Waals surface area contributed by atoms with Gasteiger partial charge in [-0.2, -0.15) is 0 Å². The van der Waals surface area contributed by atoms with E-state index in [1.807, 2.05) is 17.6 Å². The second kappa shape index (κ2) is 6.32. The van der Waals surface area contributed by atoms with Crippen molar-refractivity contribution < 1.29 is 0 Å². The van der Waals surface area contributed by atoms with Crippen LogP contribution >= 0.6 is 22.9 Å². The third-order valence-electron chi connectivity index (χ3n) is 3.02. The van der Waals surface area contributed by atoms with Gasteiger partial charge in [0.25, 0.3) is 0 Å². The van der Waals surface area contributed by atoms with Crippen LogP contribution < -0.4 is 5.32 Å². The third-order valence-corrected chi connectivity index (χ3v) is 4.26. The number of nitrogens with zero attached hydrogens (tertiary/aromatic N) is 1. The van der Waals surface area contributed by atoms with Gasteiger partial charge in [-0.25, -0.2) is 4.98 Å². The Balaban J connectivity index is 1.83. The molecule has 0 aliphatic carbocycles. The molecule has 0 saturated carbocycles. The highest BCUT2D eigenvalue weighted by atomic mass is 35.5. The van der Waals surface area contributed by atoms with Crippen LogP contribution in [0.15, 0.2) is 29.8 Å².